The first-order valence-corrected chi connectivity index (χ1v) is 3.28. The Morgan fingerprint density at radius 1 is 1.29 bits per heavy atom. The summed E-state index contributed by atoms with van der Waals surface area (Å²) in [5, 5.41) is 2.51. The number of quaternary nitrogens is 1. The summed E-state index contributed by atoms with van der Waals surface area (Å²) >= 11 is 0. The second-order valence-corrected chi connectivity index (χ2v) is 2.91. The average Bonchev–Trinajstić information content (AvgIpc) is 2.22. The molecular formula is C6H12N+. The maximum atomic E-state index is 2.51. The molecule has 0 radical (unpaired) electrons. The maximum absolute atomic E-state index is 2.51. The first-order valence-electron chi connectivity index (χ1n) is 3.28. The van der Waals surface area contributed by atoms with Gasteiger partial charge in [-0.15, -0.1) is 0 Å². The van der Waals surface area contributed by atoms with E-state index in [1.807, 2.05) is 0 Å². The summed E-state index contributed by atoms with van der Waals surface area (Å²) in [6, 6.07) is 1.05. The molecule has 0 unspecified atom stereocenters. The number of piperidine rings is 1. The SMILES string of the molecule is C1C[C@@H]2C[C@H]1C[NH2+]2. The number of hydrogen-bond donors (Lipinski definition) is 1. The van der Waals surface area contributed by atoms with E-state index in [0.29, 0.717) is 0 Å². The van der Waals surface area contributed by atoms with Gasteiger partial charge in [0.15, 0.2) is 0 Å². The first-order chi connectivity index (χ1) is 3.45. The van der Waals surface area contributed by atoms with Crippen LogP contribution in [-0.4, -0.2) is 12.6 Å². The quantitative estimate of drug-likeness (QED) is 0.429. The molecule has 0 spiro atoms. The van der Waals surface area contributed by atoms with Gasteiger partial charge in [-0.1, -0.05) is 0 Å². The summed E-state index contributed by atoms with van der Waals surface area (Å²) in [6.07, 6.45) is 4.56. The monoisotopic (exact) mass is 98.1 g/mol. The van der Waals surface area contributed by atoms with Crippen molar-refractivity contribution in [3.63, 3.8) is 0 Å². The molecule has 1 saturated heterocycles. The highest BCUT2D eigenvalue weighted by atomic mass is 15.0. The second-order valence-electron chi connectivity index (χ2n) is 2.91. The molecule has 2 fully saturated rings. The minimum atomic E-state index is 1.05. The van der Waals surface area contributed by atoms with Crippen molar-refractivity contribution in [1.82, 2.24) is 0 Å². The molecule has 2 rings (SSSR count). The van der Waals surface area contributed by atoms with Gasteiger partial charge in [-0.3, -0.25) is 0 Å². The molecule has 1 aliphatic heterocycles. The molecule has 0 aromatic heterocycles. The molecule has 0 aromatic rings. The van der Waals surface area contributed by atoms with E-state index in [2.05, 4.69) is 5.32 Å². The molecule has 2 N–H and O–H groups in total. The van der Waals surface area contributed by atoms with Crippen molar-refractivity contribution < 1.29 is 5.32 Å². The van der Waals surface area contributed by atoms with E-state index in [-0.39, 0.29) is 0 Å². The molecule has 1 heteroatoms. The molecule has 1 heterocycles. The molecular weight excluding hydrogens is 86.1 g/mol. The molecule has 0 aromatic carbocycles. The predicted octanol–water partition coefficient (Wildman–Crippen LogP) is -0.268. The van der Waals surface area contributed by atoms with E-state index in [0.717, 1.165) is 12.0 Å². The highest BCUT2D eigenvalue weighted by molar-refractivity contribution is 4.77. The molecule has 7 heavy (non-hydrogen) atoms. The topological polar surface area (TPSA) is 16.6 Å². The fraction of sp³-hybridized carbons (Fsp3) is 1.00. The van der Waals surface area contributed by atoms with E-state index in [1.54, 1.807) is 0 Å². The Hall–Kier alpha value is -0.0400. The fourth-order valence-corrected chi connectivity index (χ4v) is 1.93. The van der Waals surface area contributed by atoms with E-state index < -0.39 is 0 Å². The van der Waals surface area contributed by atoms with Crippen LogP contribution in [0.15, 0.2) is 0 Å². The van der Waals surface area contributed by atoms with Crippen molar-refractivity contribution in [2.45, 2.75) is 25.3 Å². The van der Waals surface area contributed by atoms with Crippen molar-refractivity contribution in [2.24, 2.45) is 5.92 Å². The van der Waals surface area contributed by atoms with Crippen molar-refractivity contribution in [3.05, 3.63) is 0 Å². The van der Waals surface area contributed by atoms with Gasteiger partial charge in [-0.05, 0) is 12.8 Å². The number of nitrogens with two attached hydrogens (primary N) is 1. The van der Waals surface area contributed by atoms with Crippen LogP contribution in [0.4, 0.5) is 0 Å². The third kappa shape index (κ3) is 0.480. The summed E-state index contributed by atoms with van der Waals surface area (Å²) in [6.45, 7) is 1.44. The van der Waals surface area contributed by atoms with Crippen molar-refractivity contribution >= 4 is 0 Å². The van der Waals surface area contributed by atoms with E-state index in [1.165, 1.54) is 25.8 Å². The molecule has 2 atom stereocenters. The van der Waals surface area contributed by atoms with Crippen molar-refractivity contribution in [2.75, 3.05) is 6.54 Å². The average molecular weight is 98.2 g/mol. The number of hydrogen-bond acceptors (Lipinski definition) is 0. The minimum Gasteiger partial charge on any atom is -0.344 e. The van der Waals surface area contributed by atoms with E-state index >= 15 is 0 Å². The fourth-order valence-electron chi connectivity index (χ4n) is 1.93. The third-order valence-corrected chi connectivity index (χ3v) is 2.38. The van der Waals surface area contributed by atoms with Crippen LogP contribution in [-0.2, 0) is 0 Å². The van der Waals surface area contributed by atoms with Crippen LogP contribution in [0.3, 0.4) is 0 Å². The zero-order chi connectivity index (χ0) is 4.69. The molecule has 1 nitrogen and oxygen atoms in total. The Morgan fingerprint density at radius 2 is 2.29 bits per heavy atom. The van der Waals surface area contributed by atoms with Gasteiger partial charge in [0.1, 0.15) is 0 Å². The highest BCUT2D eigenvalue weighted by Crippen LogP contribution is 2.25. The summed E-state index contributed by atoms with van der Waals surface area (Å²) in [4.78, 5) is 0. The molecule has 40 valence electrons. The lowest BCUT2D eigenvalue weighted by atomic mass is 10.1. The van der Waals surface area contributed by atoms with Crippen molar-refractivity contribution in [3.8, 4) is 0 Å². The third-order valence-electron chi connectivity index (χ3n) is 2.38. The Labute approximate surface area is 44.1 Å². The summed E-state index contributed by atoms with van der Waals surface area (Å²) < 4.78 is 0. The van der Waals surface area contributed by atoms with Crippen LogP contribution in [0, 0.1) is 5.92 Å². The predicted molar refractivity (Wildman–Crippen MR) is 27.9 cm³/mol. The van der Waals surface area contributed by atoms with Gasteiger partial charge in [0, 0.05) is 12.3 Å². The lowest BCUT2D eigenvalue weighted by molar-refractivity contribution is -0.677. The zero-order valence-corrected chi connectivity index (χ0v) is 4.56. The second kappa shape index (κ2) is 1.22. The van der Waals surface area contributed by atoms with Crippen LogP contribution in [0.25, 0.3) is 0 Å². The zero-order valence-electron chi connectivity index (χ0n) is 4.56. The van der Waals surface area contributed by atoms with Crippen LogP contribution in [0.5, 0.6) is 0 Å². The Balaban J connectivity index is 2.12. The van der Waals surface area contributed by atoms with Crippen LogP contribution < -0.4 is 5.32 Å². The van der Waals surface area contributed by atoms with Gasteiger partial charge in [-0.25, -0.2) is 0 Å². The minimum absolute atomic E-state index is 1.05. The van der Waals surface area contributed by atoms with Gasteiger partial charge in [0.25, 0.3) is 0 Å². The van der Waals surface area contributed by atoms with Gasteiger partial charge in [0.05, 0.1) is 12.6 Å². The highest BCUT2D eigenvalue weighted by Gasteiger charge is 2.34. The standard InChI is InChI=1S/C6H11N/c1-2-6-3-5(1)4-7-6/h5-7H,1-4H2/p+1/t5-,6+/m0/s1. The van der Waals surface area contributed by atoms with Gasteiger partial charge < -0.3 is 5.32 Å². The van der Waals surface area contributed by atoms with Gasteiger partial charge in [0.2, 0.25) is 0 Å². The van der Waals surface area contributed by atoms with Crippen LogP contribution >= 0.6 is 0 Å². The number of rotatable bonds is 0. The van der Waals surface area contributed by atoms with Gasteiger partial charge >= 0.3 is 0 Å². The molecule has 0 amide bonds. The Morgan fingerprint density at radius 3 is 2.43 bits per heavy atom. The van der Waals surface area contributed by atoms with Crippen LogP contribution in [0.1, 0.15) is 19.3 Å². The lowest BCUT2D eigenvalue weighted by Crippen LogP contribution is -2.87. The first kappa shape index (κ1) is 3.90. The van der Waals surface area contributed by atoms with Crippen LogP contribution in [0.2, 0.25) is 0 Å². The number of fused-ring (bicyclic) bond motifs is 2. The summed E-state index contributed by atoms with van der Waals surface area (Å²) in [7, 11) is 0. The van der Waals surface area contributed by atoms with Crippen molar-refractivity contribution in [1.29, 1.82) is 0 Å². The Bertz CT molecular complexity index is 62.2. The lowest BCUT2D eigenvalue weighted by Gasteiger charge is -2.04. The Kier molecular flexibility index (Phi) is 0.680. The molecule has 1 saturated carbocycles. The summed E-state index contributed by atoms with van der Waals surface area (Å²) in [5.41, 5.74) is 0. The smallest absolute Gasteiger partial charge is 0.0864 e. The largest absolute Gasteiger partial charge is 0.344 e. The molecule has 1 aliphatic carbocycles. The normalized spacial score (nSPS) is 48.0. The van der Waals surface area contributed by atoms with E-state index in [9.17, 15) is 0 Å². The molecule has 2 bridgehead atoms. The van der Waals surface area contributed by atoms with E-state index in [4.69, 9.17) is 0 Å². The summed E-state index contributed by atoms with van der Waals surface area (Å²) in [5.74, 6) is 1.12. The van der Waals surface area contributed by atoms with Gasteiger partial charge in [-0.2, -0.15) is 0 Å². The maximum Gasteiger partial charge on any atom is 0.0864 e. The molecule has 2 aliphatic rings.